The number of pyridine rings is 2. The van der Waals surface area contributed by atoms with Crippen LogP contribution in [0.25, 0.3) is 10.9 Å². The first kappa shape index (κ1) is 20.3. The minimum absolute atomic E-state index is 0.317. The first-order valence-corrected chi connectivity index (χ1v) is 9.76. The van der Waals surface area contributed by atoms with Crippen molar-refractivity contribution in [2.45, 2.75) is 6.54 Å². The number of anilines is 4. The van der Waals surface area contributed by atoms with Crippen LogP contribution in [0.2, 0.25) is 0 Å². The fraction of sp³-hybridized carbons (Fsp3) is 0.182. The van der Waals surface area contributed by atoms with Gasteiger partial charge in [0.2, 0.25) is 0 Å². The van der Waals surface area contributed by atoms with Gasteiger partial charge < -0.3 is 25.8 Å². The molecule has 9 heteroatoms. The second kappa shape index (κ2) is 9.68. The van der Waals surface area contributed by atoms with Crippen molar-refractivity contribution in [2.75, 3.05) is 36.7 Å². The van der Waals surface area contributed by atoms with Crippen LogP contribution in [0.1, 0.15) is 5.56 Å². The lowest BCUT2D eigenvalue weighted by Gasteiger charge is -2.12. The van der Waals surface area contributed by atoms with Gasteiger partial charge in [-0.15, -0.1) is 0 Å². The van der Waals surface area contributed by atoms with Gasteiger partial charge in [-0.3, -0.25) is 4.98 Å². The molecule has 0 radical (unpaired) electrons. The molecule has 0 saturated heterocycles. The Bertz CT molecular complexity index is 1170. The van der Waals surface area contributed by atoms with Crippen molar-refractivity contribution in [3.05, 3.63) is 66.6 Å². The zero-order chi connectivity index (χ0) is 21.5. The summed E-state index contributed by atoms with van der Waals surface area (Å²) in [5.74, 6) is 2.59. The normalized spacial score (nSPS) is 10.7. The number of nitrogen functional groups attached to an aromatic ring is 1. The third-order valence-electron chi connectivity index (χ3n) is 4.47. The molecule has 4 rings (SSSR count). The highest BCUT2D eigenvalue weighted by Crippen LogP contribution is 2.21. The van der Waals surface area contributed by atoms with Crippen molar-refractivity contribution in [1.82, 2.24) is 19.9 Å². The van der Waals surface area contributed by atoms with E-state index in [0.29, 0.717) is 48.8 Å². The standard InChI is InChI=1S/C22H23N7O2/c1-30-9-10-31-17-6-8-25-19(12-17)28-20-14-26-21(23)22(29-20)27-13-15-4-5-18-16(11-15)3-2-7-24-18/h2-8,11-12,14H,9-10,13H2,1H3,(H2,23,26)(H2,25,27,28,29). The zero-order valence-corrected chi connectivity index (χ0v) is 17.1. The van der Waals surface area contributed by atoms with Gasteiger partial charge in [0, 0.05) is 37.5 Å². The summed E-state index contributed by atoms with van der Waals surface area (Å²) < 4.78 is 10.6. The fourth-order valence-electron chi connectivity index (χ4n) is 2.95. The van der Waals surface area contributed by atoms with Gasteiger partial charge >= 0.3 is 0 Å². The number of rotatable bonds is 9. The van der Waals surface area contributed by atoms with E-state index in [1.807, 2.05) is 24.3 Å². The van der Waals surface area contributed by atoms with Crippen molar-refractivity contribution in [1.29, 1.82) is 0 Å². The van der Waals surface area contributed by atoms with Crippen molar-refractivity contribution in [3.8, 4) is 5.75 Å². The van der Waals surface area contributed by atoms with E-state index in [1.54, 1.807) is 37.8 Å². The average Bonchev–Trinajstić information content (AvgIpc) is 2.80. The van der Waals surface area contributed by atoms with Crippen LogP contribution in [0.3, 0.4) is 0 Å². The molecular formula is C22H23N7O2. The largest absolute Gasteiger partial charge is 0.491 e. The summed E-state index contributed by atoms with van der Waals surface area (Å²) in [4.78, 5) is 17.4. The number of aromatic nitrogens is 4. The number of nitrogens with zero attached hydrogens (tertiary/aromatic N) is 4. The van der Waals surface area contributed by atoms with E-state index in [-0.39, 0.29) is 0 Å². The Morgan fingerprint density at radius 1 is 0.968 bits per heavy atom. The molecule has 4 aromatic rings. The summed E-state index contributed by atoms with van der Waals surface area (Å²) >= 11 is 0. The van der Waals surface area contributed by atoms with E-state index in [2.05, 4.69) is 36.6 Å². The maximum Gasteiger partial charge on any atom is 0.171 e. The molecular weight excluding hydrogens is 394 g/mol. The molecule has 3 heterocycles. The molecule has 0 aliphatic carbocycles. The Morgan fingerprint density at radius 2 is 1.90 bits per heavy atom. The Labute approximate surface area is 179 Å². The molecule has 0 atom stereocenters. The molecule has 3 aromatic heterocycles. The number of hydrogen-bond donors (Lipinski definition) is 3. The molecule has 0 aliphatic heterocycles. The highest BCUT2D eigenvalue weighted by Gasteiger charge is 2.07. The Kier molecular flexibility index (Phi) is 6.34. The number of hydrogen-bond acceptors (Lipinski definition) is 9. The second-order valence-corrected chi connectivity index (χ2v) is 6.72. The molecule has 0 bridgehead atoms. The molecule has 0 amide bonds. The van der Waals surface area contributed by atoms with Crippen molar-refractivity contribution < 1.29 is 9.47 Å². The first-order chi connectivity index (χ1) is 15.2. The van der Waals surface area contributed by atoms with Crippen molar-refractivity contribution >= 4 is 34.2 Å². The van der Waals surface area contributed by atoms with Crippen LogP contribution < -0.4 is 21.1 Å². The van der Waals surface area contributed by atoms with E-state index >= 15 is 0 Å². The number of methoxy groups -OCH3 is 1. The summed E-state index contributed by atoms with van der Waals surface area (Å²) in [5.41, 5.74) is 8.05. The molecule has 0 saturated carbocycles. The third kappa shape index (κ3) is 5.34. The van der Waals surface area contributed by atoms with Crippen LogP contribution in [0.4, 0.5) is 23.3 Å². The summed E-state index contributed by atoms with van der Waals surface area (Å²) in [6, 6.07) is 13.6. The SMILES string of the molecule is COCCOc1ccnc(Nc2cnc(N)c(NCc3ccc4ncccc4c3)n2)c1. The average molecular weight is 417 g/mol. The van der Waals surface area contributed by atoms with Crippen molar-refractivity contribution in [3.63, 3.8) is 0 Å². The van der Waals surface area contributed by atoms with Gasteiger partial charge in [0.25, 0.3) is 0 Å². The second-order valence-electron chi connectivity index (χ2n) is 6.72. The smallest absolute Gasteiger partial charge is 0.171 e. The van der Waals surface area contributed by atoms with Gasteiger partial charge in [-0.05, 0) is 29.8 Å². The maximum atomic E-state index is 6.01. The number of ether oxygens (including phenoxy) is 2. The topological polar surface area (TPSA) is 120 Å². The predicted molar refractivity (Wildman–Crippen MR) is 120 cm³/mol. The predicted octanol–water partition coefficient (Wildman–Crippen LogP) is 3.38. The number of nitrogens with two attached hydrogens (primary N) is 1. The quantitative estimate of drug-likeness (QED) is 0.352. The van der Waals surface area contributed by atoms with Gasteiger partial charge in [-0.25, -0.2) is 15.0 Å². The molecule has 31 heavy (non-hydrogen) atoms. The van der Waals surface area contributed by atoms with Crippen LogP contribution in [-0.4, -0.2) is 40.3 Å². The molecule has 9 nitrogen and oxygen atoms in total. The van der Waals surface area contributed by atoms with Gasteiger partial charge in [-0.1, -0.05) is 12.1 Å². The maximum absolute atomic E-state index is 6.01. The van der Waals surface area contributed by atoms with Crippen LogP contribution in [0.5, 0.6) is 5.75 Å². The highest BCUT2D eigenvalue weighted by molar-refractivity contribution is 5.79. The molecule has 4 N–H and O–H groups in total. The number of nitrogens with one attached hydrogen (secondary N) is 2. The summed E-state index contributed by atoms with van der Waals surface area (Å²) in [6.07, 6.45) is 5.00. The summed E-state index contributed by atoms with van der Waals surface area (Å²) in [7, 11) is 1.63. The van der Waals surface area contributed by atoms with Gasteiger partial charge in [-0.2, -0.15) is 0 Å². The molecule has 0 unspecified atom stereocenters. The number of benzene rings is 1. The summed E-state index contributed by atoms with van der Waals surface area (Å²) in [5, 5.41) is 7.45. The lowest BCUT2D eigenvalue weighted by Crippen LogP contribution is -2.08. The van der Waals surface area contributed by atoms with Crippen molar-refractivity contribution in [2.24, 2.45) is 0 Å². The fourth-order valence-corrected chi connectivity index (χ4v) is 2.95. The van der Waals surface area contributed by atoms with Gasteiger partial charge in [0.1, 0.15) is 18.2 Å². The summed E-state index contributed by atoms with van der Waals surface area (Å²) in [6.45, 7) is 1.52. The molecule has 0 spiro atoms. The van der Waals surface area contributed by atoms with Crippen LogP contribution in [0, 0.1) is 0 Å². The third-order valence-corrected chi connectivity index (χ3v) is 4.47. The van der Waals surface area contributed by atoms with E-state index in [1.165, 1.54) is 0 Å². The number of fused-ring (bicyclic) bond motifs is 1. The van der Waals surface area contributed by atoms with E-state index in [0.717, 1.165) is 16.5 Å². The molecule has 0 fully saturated rings. The lowest BCUT2D eigenvalue weighted by molar-refractivity contribution is 0.146. The lowest BCUT2D eigenvalue weighted by atomic mass is 10.1. The highest BCUT2D eigenvalue weighted by atomic mass is 16.5. The molecule has 158 valence electrons. The first-order valence-electron chi connectivity index (χ1n) is 9.76. The Morgan fingerprint density at radius 3 is 2.81 bits per heavy atom. The van der Waals surface area contributed by atoms with Gasteiger partial charge in [0.15, 0.2) is 17.5 Å². The van der Waals surface area contributed by atoms with Crippen LogP contribution >= 0.6 is 0 Å². The minimum Gasteiger partial charge on any atom is -0.491 e. The Balaban J connectivity index is 1.43. The zero-order valence-electron chi connectivity index (χ0n) is 17.1. The van der Waals surface area contributed by atoms with Crippen LogP contribution in [0.15, 0.2) is 61.1 Å². The molecule has 1 aromatic carbocycles. The van der Waals surface area contributed by atoms with E-state index in [4.69, 9.17) is 15.2 Å². The Hall–Kier alpha value is -3.98. The van der Waals surface area contributed by atoms with Gasteiger partial charge in [0.05, 0.1) is 18.3 Å². The monoisotopic (exact) mass is 417 g/mol. The van der Waals surface area contributed by atoms with E-state index in [9.17, 15) is 0 Å². The van der Waals surface area contributed by atoms with Crippen LogP contribution in [-0.2, 0) is 11.3 Å². The minimum atomic E-state index is 0.317. The molecule has 0 aliphatic rings. The van der Waals surface area contributed by atoms with E-state index < -0.39 is 0 Å².